The summed E-state index contributed by atoms with van der Waals surface area (Å²) in [5, 5.41) is 13.6. The predicted octanol–water partition coefficient (Wildman–Crippen LogP) is 1.96. The highest BCUT2D eigenvalue weighted by Gasteiger charge is 2.30. The molecule has 0 spiro atoms. The molecule has 1 atom stereocenters. The number of methoxy groups -OCH3 is 1. The second-order valence-corrected chi connectivity index (χ2v) is 6.11. The average molecular weight is 343 g/mol. The summed E-state index contributed by atoms with van der Waals surface area (Å²) < 4.78 is 6.95. The van der Waals surface area contributed by atoms with Crippen molar-refractivity contribution < 1.29 is 19.4 Å². The number of nitrogens with zero attached hydrogens (tertiary/aromatic N) is 3. The Morgan fingerprint density at radius 2 is 2.08 bits per heavy atom. The Labute approximate surface area is 145 Å². The molecule has 7 nitrogen and oxygen atoms in total. The minimum atomic E-state index is -0.852. The molecule has 25 heavy (non-hydrogen) atoms. The first-order valence-corrected chi connectivity index (χ1v) is 8.25. The summed E-state index contributed by atoms with van der Waals surface area (Å²) in [6, 6.07) is 9.52. The van der Waals surface area contributed by atoms with E-state index in [4.69, 9.17) is 4.74 Å². The molecule has 0 aliphatic carbocycles. The smallest absolute Gasteiger partial charge is 0.308 e. The molecular weight excluding hydrogens is 322 g/mol. The number of aliphatic carboxylic acids is 1. The van der Waals surface area contributed by atoms with Gasteiger partial charge in [-0.05, 0) is 25.0 Å². The minimum Gasteiger partial charge on any atom is -0.481 e. The Balaban J connectivity index is 1.90. The molecule has 1 saturated heterocycles. The Morgan fingerprint density at radius 3 is 2.76 bits per heavy atom. The molecule has 1 aromatic carbocycles. The average Bonchev–Trinajstić information content (AvgIpc) is 3.06. The molecule has 1 aromatic heterocycles. The summed E-state index contributed by atoms with van der Waals surface area (Å²) in [4.78, 5) is 25.8. The summed E-state index contributed by atoms with van der Waals surface area (Å²) >= 11 is 0. The van der Waals surface area contributed by atoms with Crippen molar-refractivity contribution in [2.75, 3.05) is 20.2 Å². The number of piperidine rings is 1. The van der Waals surface area contributed by atoms with Gasteiger partial charge in [0.1, 0.15) is 0 Å². The van der Waals surface area contributed by atoms with E-state index in [1.54, 1.807) is 16.7 Å². The first-order chi connectivity index (χ1) is 12.1. The van der Waals surface area contributed by atoms with Gasteiger partial charge >= 0.3 is 5.97 Å². The lowest BCUT2D eigenvalue weighted by Crippen LogP contribution is -2.42. The zero-order chi connectivity index (χ0) is 17.8. The van der Waals surface area contributed by atoms with Crippen molar-refractivity contribution in [1.29, 1.82) is 0 Å². The third kappa shape index (κ3) is 3.56. The molecule has 2 heterocycles. The van der Waals surface area contributed by atoms with Gasteiger partial charge in [-0.2, -0.15) is 5.10 Å². The van der Waals surface area contributed by atoms with Crippen LogP contribution in [0.4, 0.5) is 0 Å². The zero-order valence-electron chi connectivity index (χ0n) is 14.1. The first kappa shape index (κ1) is 17.2. The Kier molecular flexibility index (Phi) is 5.14. The van der Waals surface area contributed by atoms with E-state index in [1.165, 1.54) is 6.20 Å². The number of carbonyl (C=O) groups excluding carboxylic acids is 1. The number of carbonyl (C=O) groups is 2. The quantitative estimate of drug-likeness (QED) is 0.897. The SMILES string of the molecule is COCc1c(C(=O)N2CCCC(C(=O)O)C2)cnn1-c1ccccc1. The highest BCUT2D eigenvalue weighted by atomic mass is 16.5. The van der Waals surface area contributed by atoms with Gasteiger partial charge < -0.3 is 14.7 Å². The van der Waals surface area contributed by atoms with E-state index in [-0.39, 0.29) is 19.1 Å². The van der Waals surface area contributed by atoms with Crippen molar-refractivity contribution in [3.63, 3.8) is 0 Å². The second kappa shape index (κ2) is 7.48. The van der Waals surface area contributed by atoms with E-state index in [0.717, 1.165) is 5.69 Å². The molecule has 1 aliphatic heterocycles. The van der Waals surface area contributed by atoms with Crippen LogP contribution in [-0.4, -0.2) is 51.9 Å². The number of likely N-dealkylation sites (tertiary alicyclic amines) is 1. The molecule has 1 aliphatic rings. The number of aromatic nitrogens is 2. The molecular formula is C18H21N3O4. The van der Waals surface area contributed by atoms with Crippen molar-refractivity contribution in [2.45, 2.75) is 19.4 Å². The van der Waals surface area contributed by atoms with Crippen molar-refractivity contribution in [3.05, 3.63) is 47.8 Å². The Hall–Kier alpha value is -2.67. The largest absolute Gasteiger partial charge is 0.481 e. The molecule has 0 bridgehead atoms. The summed E-state index contributed by atoms with van der Waals surface area (Å²) in [6.07, 6.45) is 2.83. The molecule has 1 unspecified atom stereocenters. The lowest BCUT2D eigenvalue weighted by atomic mass is 9.97. The number of amides is 1. The molecule has 3 rings (SSSR count). The predicted molar refractivity (Wildman–Crippen MR) is 90.5 cm³/mol. The molecule has 132 valence electrons. The molecule has 0 saturated carbocycles. The summed E-state index contributed by atoms with van der Waals surface area (Å²) in [5.41, 5.74) is 1.96. The van der Waals surface area contributed by atoms with Crippen molar-refractivity contribution in [1.82, 2.24) is 14.7 Å². The summed E-state index contributed by atoms with van der Waals surface area (Å²) in [6.45, 7) is 1.04. The fourth-order valence-electron chi connectivity index (χ4n) is 3.15. The van der Waals surface area contributed by atoms with E-state index < -0.39 is 11.9 Å². The first-order valence-electron chi connectivity index (χ1n) is 8.25. The maximum atomic E-state index is 12.9. The van der Waals surface area contributed by atoms with Crippen LogP contribution in [0.3, 0.4) is 0 Å². The third-order valence-electron chi connectivity index (χ3n) is 4.44. The van der Waals surface area contributed by atoms with Crippen LogP contribution >= 0.6 is 0 Å². The van der Waals surface area contributed by atoms with E-state index in [9.17, 15) is 14.7 Å². The monoisotopic (exact) mass is 343 g/mol. The number of para-hydroxylation sites is 1. The van der Waals surface area contributed by atoms with Crippen LogP contribution in [0.2, 0.25) is 0 Å². The van der Waals surface area contributed by atoms with Crippen LogP contribution in [0, 0.1) is 5.92 Å². The molecule has 2 aromatic rings. The van der Waals surface area contributed by atoms with E-state index in [0.29, 0.717) is 30.6 Å². The standard InChI is InChI=1S/C18H21N3O4/c1-25-12-16-15(10-19-21(16)14-7-3-2-4-8-14)17(22)20-9-5-6-13(11-20)18(23)24/h2-4,7-8,10,13H,5-6,9,11-12H2,1H3,(H,23,24). The van der Waals surface area contributed by atoms with Crippen LogP contribution in [0.15, 0.2) is 36.5 Å². The molecule has 0 radical (unpaired) electrons. The normalized spacial score (nSPS) is 17.5. The van der Waals surface area contributed by atoms with Crippen LogP contribution in [0.5, 0.6) is 0 Å². The lowest BCUT2D eigenvalue weighted by molar-refractivity contribution is -0.143. The third-order valence-corrected chi connectivity index (χ3v) is 4.44. The van der Waals surface area contributed by atoms with E-state index >= 15 is 0 Å². The van der Waals surface area contributed by atoms with Gasteiger partial charge in [-0.1, -0.05) is 18.2 Å². The summed E-state index contributed by atoms with van der Waals surface area (Å²) in [5.74, 6) is -1.55. The van der Waals surface area contributed by atoms with Gasteiger partial charge in [0.2, 0.25) is 0 Å². The Morgan fingerprint density at radius 1 is 1.32 bits per heavy atom. The zero-order valence-corrected chi connectivity index (χ0v) is 14.1. The van der Waals surface area contributed by atoms with Crippen LogP contribution in [-0.2, 0) is 16.1 Å². The number of benzene rings is 1. The highest BCUT2D eigenvalue weighted by molar-refractivity contribution is 5.95. The number of hydrogen-bond acceptors (Lipinski definition) is 4. The second-order valence-electron chi connectivity index (χ2n) is 6.11. The number of hydrogen-bond donors (Lipinski definition) is 1. The van der Waals surface area contributed by atoms with E-state index in [2.05, 4.69) is 5.10 Å². The van der Waals surface area contributed by atoms with Crippen molar-refractivity contribution in [3.8, 4) is 5.69 Å². The molecule has 1 N–H and O–H groups in total. The topological polar surface area (TPSA) is 84.7 Å². The molecule has 1 fully saturated rings. The summed E-state index contributed by atoms with van der Waals surface area (Å²) in [7, 11) is 1.57. The van der Waals surface area contributed by atoms with Gasteiger partial charge in [0.15, 0.2) is 0 Å². The number of rotatable bonds is 5. The maximum Gasteiger partial charge on any atom is 0.308 e. The van der Waals surface area contributed by atoms with Crippen LogP contribution < -0.4 is 0 Å². The van der Waals surface area contributed by atoms with Crippen molar-refractivity contribution in [2.24, 2.45) is 5.92 Å². The fraction of sp³-hybridized carbons (Fsp3) is 0.389. The van der Waals surface area contributed by atoms with Gasteiger partial charge in [0.05, 0.1) is 35.7 Å². The molecule has 1 amide bonds. The Bertz CT molecular complexity index is 757. The highest BCUT2D eigenvalue weighted by Crippen LogP contribution is 2.22. The van der Waals surface area contributed by atoms with Gasteiger partial charge in [0.25, 0.3) is 5.91 Å². The number of carboxylic acids is 1. The number of carboxylic acid groups (broad SMARTS) is 1. The maximum absolute atomic E-state index is 12.9. The minimum absolute atomic E-state index is 0.194. The molecule has 7 heteroatoms. The lowest BCUT2D eigenvalue weighted by Gasteiger charge is -2.30. The van der Waals surface area contributed by atoms with Crippen LogP contribution in [0.25, 0.3) is 5.69 Å². The van der Waals surface area contributed by atoms with E-state index in [1.807, 2.05) is 30.3 Å². The fourth-order valence-corrected chi connectivity index (χ4v) is 3.15. The number of ether oxygens (including phenoxy) is 1. The van der Waals surface area contributed by atoms with Gasteiger partial charge in [0, 0.05) is 20.2 Å². The van der Waals surface area contributed by atoms with Gasteiger partial charge in [-0.25, -0.2) is 4.68 Å². The van der Waals surface area contributed by atoms with Gasteiger partial charge in [-0.3, -0.25) is 9.59 Å². The van der Waals surface area contributed by atoms with Crippen LogP contribution in [0.1, 0.15) is 28.9 Å². The van der Waals surface area contributed by atoms with Gasteiger partial charge in [-0.15, -0.1) is 0 Å². The van der Waals surface area contributed by atoms with Crippen molar-refractivity contribution >= 4 is 11.9 Å².